The van der Waals surface area contributed by atoms with E-state index in [1.807, 2.05) is 30.0 Å². The van der Waals surface area contributed by atoms with Gasteiger partial charge in [-0.1, -0.05) is 44.5 Å². The van der Waals surface area contributed by atoms with E-state index in [0.717, 1.165) is 29.6 Å². The van der Waals surface area contributed by atoms with Crippen molar-refractivity contribution in [3.8, 4) is 0 Å². The quantitative estimate of drug-likeness (QED) is 0.641. The number of amides is 1. The van der Waals surface area contributed by atoms with Crippen molar-refractivity contribution in [1.29, 1.82) is 0 Å². The Labute approximate surface area is 188 Å². The lowest BCUT2D eigenvalue weighted by Gasteiger charge is -2.36. The number of carbonyl (C=O) groups excluding carboxylic acids is 1. The van der Waals surface area contributed by atoms with Crippen molar-refractivity contribution in [1.82, 2.24) is 9.88 Å². The predicted molar refractivity (Wildman–Crippen MR) is 128 cm³/mol. The fraction of sp³-hybridized carbons (Fsp3) is 0.385. The van der Waals surface area contributed by atoms with Crippen LogP contribution in [0.25, 0.3) is 10.9 Å². The third-order valence-electron chi connectivity index (χ3n) is 6.33. The van der Waals surface area contributed by atoms with Gasteiger partial charge < -0.3 is 19.9 Å². The van der Waals surface area contributed by atoms with Gasteiger partial charge in [-0.3, -0.25) is 4.79 Å². The molecule has 2 aromatic carbocycles. The number of nitrogens with one attached hydrogen (secondary N) is 1. The highest BCUT2D eigenvalue weighted by Crippen LogP contribution is 2.27. The van der Waals surface area contributed by atoms with Gasteiger partial charge in [0.15, 0.2) is 0 Å². The summed E-state index contributed by atoms with van der Waals surface area (Å²) in [7, 11) is 0. The van der Waals surface area contributed by atoms with E-state index in [9.17, 15) is 14.7 Å². The first kappa shape index (κ1) is 21.9. The molecule has 6 heteroatoms. The average Bonchev–Trinajstić information content (AvgIpc) is 3.11. The summed E-state index contributed by atoms with van der Waals surface area (Å²) in [6, 6.07) is 14.4. The van der Waals surface area contributed by atoms with Crippen LogP contribution in [0.3, 0.4) is 0 Å². The van der Waals surface area contributed by atoms with E-state index in [2.05, 4.69) is 54.9 Å². The van der Waals surface area contributed by atoms with Gasteiger partial charge in [-0.15, -0.1) is 0 Å². The van der Waals surface area contributed by atoms with Gasteiger partial charge in [-0.25, -0.2) is 4.79 Å². The van der Waals surface area contributed by atoms with Crippen LogP contribution in [-0.4, -0.2) is 53.0 Å². The van der Waals surface area contributed by atoms with E-state index in [1.54, 1.807) is 0 Å². The molecule has 0 atom stereocenters. The summed E-state index contributed by atoms with van der Waals surface area (Å²) in [6.07, 6.45) is 0.0887. The Kier molecular flexibility index (Phi) is 5.71. The zero-order valence-corrected chi connectivity index (χ0v) is 19.2. The van der Waals surface area contributed by atoms with E-state index in [1.165, 1.54) is 11.3 Å². The molecule has 1 aromatic heterocycles. The molecule has 0 radical (unpaired) electrons. The topological polar surface area (TPSA) is 76.6 Å². The number of anilines is 1. The summed E-state index contributed by atoms with van der Waals surface area (Å²) >= 11 is 0. The predicted octanol–water partition coefficient (Wildman–Crippen LogP) is 4.36. The highest BCUT2D eigenvalue weighted by Gasteiger charge is 2.25. The normalized spacial score (nSPS) is 14.8. The van der Waals surface area contributed by atoms with Gasteiger partial charge in [-0.05, 0) is 42.2 Å². The fourth-order valence-electron chi connectivity index (χ4n) is 4.38. The number of hydrogen-bond acceptors (Lipinski definition) is 3. The highest BCUT2D eigenvalue weighted by atomic mass is 16.4. The van der Waals surface area contributed by atoms with Crippen LogP contribution in [-0.2, 0) is 16.6 Å². The zero-order valence-electron chi connectivity index (χ0n) is 19.2. The van der Waals surface area contributed by atoms with Crippen molar-refractivity contribution < 1.29 is 14.7 Å². The molecule has 0 unspecified atom stereocenters. The molecule has 32 heavy (non-hydrogen) atoms. The first-order chi connectivity index (χ1) is 15.1. The largest absolute Gasteiger partial charge is 0.477 e. The van der Waals surface area contributed by atoms with Crippen LogP contribution in [0.2, 0.25) is 0 Å². The molecule has 1 saturated heterocycles. The SMILES string of the molecule is Cc1ccc2[nH]c(C(=O)O)c(CC(=O)N3CCN(c4ccc(C(C)(C)C)cc4)CC3)c2c1. The van der Waals surface area contributed by atoms with Crippen molar-refractivity contribution >= 4 is 28.5 Å². The Morgan fingerprint density at radius 3 is 2.25 bits per heavy atom. The summed E-state index contributed by atoms with van der Waals surface area (Å²) < 4.78 is 0. The first-order valence-corrected chi connectivity index (χ1v) is 11.1. The molecule has 6 nitrogen and oxygen atoms in total. The zero-order chi connectivity index (χ0) is 23.0. The standard InChI is InChI=1S/C26H31N3O3/c1-17-5-10-22-20(15-17)21(24(27-22)25(31)32)16-23(30)29-13-11-28(12-14-29)19-8-6-18(7-9-19)26(2,3)4/h5-10,15,27H,11-14,16H2,1-4H3,(H,31,32). The number of rotatable bonds is 4. The van der Waals surface area contributed by atoms with E-state index in [4.69, 9.17) is 0 Å². The number of piperazine rings is 1. The van der Waals surface area contributed by atoms with Gasteiger partial charge >= 0.3 is 5.97 Å². The second-order valence-corrected chi connectivity index (χ2v) is 9.67. The van der Waals surface area contributed by atoms with Crippen LogP contribution in [0.4, 0.5) is 5.69 Å². The number of aromatic amines is 1. The Morgan fingerprint density at radius 1 is 1.00 bits per heavy atom. The molecule has 0 bridgehead atoms. The Morgan fingerprint density at radius 2 is 1.66 bits per heavy atom. The van der Waals surface area contributed by atoms with Gasteiger partial charge in [0, 0.05) is 48.3 Å². The average molecular weight is 434 g/mol. The molecule has 1 amide bonds. The maximum absolute atomic E-state index is 13.1. The third-order valence-corrected chi connectivity index (χ3v) is 6.33. The molecule has 0 spiro atoms. The molecule has 168 valence electrons. The molecule has 1 aliphatic heterocycles. The van der Waals surface area contributed by atoms with Gasteiger partial charge in [0.1, 0.15) is 5.69 Å². The number of benzene rings is 2. The summed E-state index contributed by atoms with van der Waals surface area (Å²) in [5.41, 5.74) is 5.06. The van der Waals surface area contributed by atoms with Crippen LogP contribution in [0, 0.1) is 6.92 Å². The van der Waals surface area contributed by atoms with Crippen molar-refractivity contribution in [2.24, 2.45) is 0 Å². The van der Waals surface area contributed by atoms with Crippen molar-refractivity contribution in [3.05, 3.63) is 64.8 Å². The second-order valence-electron chi connectivity index (χ2n) is 9.67. The molecular weight excluding hydrogens is 402 g/mol. The maximum Gasteiger partial charge on any atom is 0.352 e. The van der Waals surface area contributed by atoms with Crippen LogP contribution >= 0.6 is 0 Å². The number of aryl methyl sites for hydroxylation is 1. The van der Waals surface area contributed by atoms with E-state index < -0.39 is 5.97 Å². The van der Waals surface area contributed by atoms with E-state index in [-0.39, 0.29) is 23.4 Å². The fourth-order valence-corrected chi connectivity index (χ4v) is 4.38. The molecule has 0 saturated carbocycles. The van der Waals surface area contributed by atoms with E-state index >= 15 is 0 Å². The second kappa shape index (κ2) is 8.34. The van der Waals surface area contributed by atoms with Crippen LogP contribution in [0.15, 0.2) is 42.5 Å². The van der Waals surface area contributed by atoms with Crippen molar-refractivity contribution in [2.75, 3.05) is 31.1 Å². The summed E-state index contributed by atoms with van der Waals surface area (Å²) in [6.45, 7) is 11.4. The number of aromatic nitrogens is 1. The Hall–Kier alpha value is -3.28. The minimum absolute atomic E-state index is 0.0300. The minimum Gasteiger partial charge on any atom is -0.477 e. The molecule has 1 aliphatic rings. The third kappa shape index (κ3) is 4.35. The summed E-state index contributed by atoms with van der Waals surface area (Å²) in [5.74, 6) is -1.07. The van der Waals surface area contributed by atoms with Crippen LogP contribution in [0.5, 0.6) is 0 Å². The monoisotopic (exact) mass is 433 g/mol. The van der Waals surface area contributed by atoms with Crippen LogP contribution in [0.1, 0.15) is 48.0 Å². The lowest BCUT2D eigenvalue weighted by atomic mass is 9.87. The smallest absolute Gasteiger partial charge is 0.352 e. The number of carboxylic acid groups (broad SMARTS) is 1. The summed E-state index contributed by atoms with van der Waals surface area (Å²) in [5, 5.41) is 10.4. The van der Waals surface area contributed by atoms with Crippen LogP contribution < -0.4 is 4.90 Å². The molecule has 3 aromatic rings. The Bertz CT molecular complexity index is 1150. The summed E-state index contributed by atoms with van der Waals surface area (Å²) in [4.78, 5) is 31.9. The lowest BCUT2D eigenvalue weighted by molar-refractivity contribution is -0.130. The number of nitrogens with zero attached hydrogens (tertiary/aromatic N) is 2. The molecule has 0 aliphatic carbocycles. The van der Waals surface area contributed by atoms with E-state index in [0.29, 0.717) is 18.7 Å². The molecule has 4 rings (SSSR count). The minimum atomic E-state index is -1.04. The maximum atomic E-state index is 13.1. The van der Waals surface area contributed by atoms with Crippen molar-refractivity contribution in [2.45, 2.75) is 39.5 Å². The van der Waals surface area contributed by atoms with Gasteiger partial charge in [0.25, 0.3) is 0 Å². The molecule has 2 heterocycles. The van der Waals surface area contributed by atoms with Crippen molar-refractivity contribution in [3.63, 3.8) is 0 Å². The van der Waals surface area contributed by atoms with Gasteiger partial charge in [0.2, 0.25) is 5.91 Å². The number of aromatic carboxylic acids is 1. The lowest BCUT2D eigenvalue weighted by Crippen LogP contribution is -2.49. The number of hydrogen-bond donors (Lipinski definition) is 2. The molecule has 1 fully saturated rings. The van der Waals surface area contributed by atoms with Gasteiger partial charge in [-0.2, -0.15) is 0 Å². The highest BCUT2D eigenvalue weighted by molar-refractivity contribution is 6.00. The molecule has 2 N–H and O–H groups in total. The Balaban J connectivity index is 1.45. The molecular formula is C26H31N3O3. The number of carboxylic acids is 1. The number of carbonyl (C=O) groups is 2. The van der Waals surface area contributed by atoms with Gasteiger partial charge in [0.05, 0.1) is 6.42 Å². The number of H-pyrrole nitrogens is 1. The first-order valence-electron chi connectivity index (χ1n) is 11.1. The number of fused-ring (bicyclic) bond motifs is 1.